The molecule has 1 aromatic carbocycles. The van der Waals surface area contributed by atoms with Crippen molar-refractivity contribution in [3.63, 3.8) is 0 Å². The Morgan fingerprint density at radius 3 is 1.31 bits per heavy atom. The summed E-state index contributed by atoms with van der Waals surface area (Å²) in [6, 6.07) is 13.9. The average Bonchev–Trinajstić information content (AvgIpc) is 3.52. The average molecular weight is 870 g/mol. The Labute approximate surface area is 379 Å². The van der Waals surface area contributed by atoms with Gasteiger partial charge < -0.3 is 19.3 Å². The van der Waals surface area contributed by atoms with Gasteiger partial charge in [-0.3, -0.25) is 19.6 Å². The molecule has 7 heterocycles. The predicted octanol–water partition coefficient (Wildman–Crippen LogP) is 9.31. The molecule has 1 aromatic heterocycles. The molecule has 61 heavy (non-hydrogen) atoms. The summed E-state index contributed by atoms with van der Waals surface area (Å²) in [4.78, 5) is 23.8. The molecule has 11 heteroatoms. The molecule has 6 saturated heterocycles. The molecular weight excluding hydrogens is 780 g/mol. The topological polar surface area (TPSA) is 63.7 Å². The van der Waals surface area contributed by atoms with Crippen LogP contribution in [0.1, 0.15) is 132 Å². The molecule has 6 aliphatic heterocycles. The maximum atomic E-state index is 6.04. The van der Waals surface area contributed by atoms with Crippen LogP contribution in [0.25, 0.3) is 0 Å². The molecule has 6 fully saturated rings. The van der Waals surface area contributed by atoms with Crippen molar-refractivity contribution >= 4 is 11.6 Å². The van der Waals surface area contributed by atoms with E-state index in [1.165, 1.54) is 51.9 Å². The van der Waals surface area contributed by atoms with Gasteiger partial charge in [0.05, 0.1) is 0 Å². The minimum Gasteiger partial charge on any atom is -0.490 e. The van der Waals surface area contributed by atoms with E-state index in [2.05, 4.69) is 115 Å². The quantitative estimate of drug-likeness (QED) is 0.257. The van der Waals surface area contributed by atoms with E-state index in [9.17, 15) is 0 Å². The molecule has 0 N–H and O–H groups in total. The number of ether oxygens (including phenoxy) is 2. The van der Waals surface area contributed by atoms with E-state index in [1.807, 2.05) is 45.9 Å². The Bertz CT molecular complexity index is 1440. The molecule has 2 aromatic rings. The maximum absolute atomic E-state index is 6.04. The molecule has 0 amide bonds. The van der Waals surface area contributed by atoms with Crippen LogP contribution < -0.4 is 9.47 Å². The highest BCUT2D eigenvalue weighted by Gasteiger charge is 2.39. The zero-order valence-electron chi connectivity index (χ0n) is 41.2. The molecule has 4 atom stereocenters. The molecular formula is C50H89ClN8O2. The summed E-state index contributed by atoms with van der Waals surface area (Å²) in [5.74, 6) is 2.38. The fourth-order valence-corrected chi connectivity index (χ4v) is 10.1. The number of piperazine rings is 2. The smallest absolute Gasteiger partial charge is 0.216 e. The zero-order chi connectivity index (χ0) is 44.8. The van der Waals surface area contributed by atoms with Gasteiger partial charge in [-0.05, 0) is 158 Å². The first-order valence-electron chi connectivity index (χ1n) is 24.4. The van der Waals surface area contributed by atoms with Crippen LogP contribution in [0.3, 0.4) is 0 Å². The fraction of sp³-hybridized carbons (Fsp3) is 0.800. The fourth-order valence-electron chi connectivity index (χ4n) is 9.79. The highest BCUT2D eigenvalue weighted by molar-refractivity contribution is 6.30. The van der Waals surface area contributed by atoms with Crippen LogP contribution in [0.4, 0.5) is 0 Å². The summed E-state index contributed by atoms with van der Waals surface area (Å²) in [6.07, 6.45) is 12.4. The van der Waals surface area contributed by atoms with Crippen LogP contribution in [-0.4, -0.2) is 166 Å². The first-order valence-corrected chi connectivity index (χ1v) is 24.7. The van der Waals surface area contributed by atoms with Crippen LogP contribution in [-0.2, 0) is 0 Å². The number of likely N-dealkylation sites (N-methyl/N-ethyl adjacent to an activating group) is 2. The van der Waals surface area contributed by atoms with Crippen molar-refractivity contribution in [2.45, 2.75) is 195 Å². The van der Waals surface area contributed by atoms with E-state index >= 15 is 0 Å². The van der Waals surface area contributed by atoms with Gasteiger partial charge in [-0.2, -0.15) is 4.98 Å². The van der Waals surface area contributed by atoms with Gasteiger partial charge in [-0.1, -0.05) is 25.4 Å². The van der Waals surface area contributed by atoms with E-state index in [-0.39, 0.29) is 0 Å². The first kappa shape index (κ1) is 51.6. The van der Waals surface area contributed by atoms with Crippen molar-refractivity contribution in [2.75, 3.05) is 66.5 Å². The van der Waals surface area contributed by atoms with E-state index < -0.39 is 0 Å². The van der Waals surface area contributed by atoms with E-state index in [1.54, 1.807) is 6.20 Å². The third-order valence-corrected chi connectivity index (χ3v) is 14.2. The van der Waals surface area contributed by atoms with Gasteiger partial charge in [0.2, 0.25) is 5.88 Å². The van der Waals surface area contributed by atoms with E-state index in [0.29, 0.717) is 30.2 Å². The highest BCUT2D eigenvalue weighted by atomic mass is 35.5. The van der Waals surface area contributed by atoms with Crippen molar-refractivity contribution in [2.24, 2.45) is 0 Å². The minimum absolute atomic E-state index is 0.305. The predicted molar refractivity (Wildman–Crippen MR) is 258 cm³/mol. The van der Waals surface area contributed by atoms with Crippen LogP contribution in [0.5, 0.6) is 11.6 Å². The van der Waals surface area contributed by atoms with Crippen LogP contribution in [0.2, 0.25) is 5.02 Å². The number of nitrogens with zero attached hydrogens (tertiary/aromatic N) is 8. The van der Waals surface area contributed by atoms with Gasteiger partial charge in [-0.15, -0.1) is 0 Å². The molecule has 6 aliphatic rings. The minimum atomic E-state index is 0.305. The number of halogens is 1. The summed E-state index contributed by atoms with van der Waals surface area (Å²) in [5, 5.41) is 0.754. The Balaban J connectivity index is 0.000000179. The van der Waals surface area contributed by atoms with Gasteiger partial charge in [0, 0.05) is 118 Å². The number of benzene rings is 1. The third-order valence-electron chi connectivity index (χ3n) is 14.0. The second kappa shape index (κ2) is 25.4. The zero-order valence-corrected chi connectivity index (χ0v) is 42.0. The molecule has 10 nitrogen and oxygen atoms in total. The van der Waals surface area contributed by atoms with Crippen LogP contribution in [0, 0.1) is 13.8 Å². The number of aromatic nitrogens is 2. The number of hydrogen-bond donors (Lipinski definition) is 0. The van der Waals surface area contributed by atoms with Crippen molar-refractivity contribution in [1.82, 2.24) is 39.4 Å². The van der Waals surface area contributed by atoms with Gasteiger partial charge in [0.15, 0.2) is 0 Å². The standard InChI is InChI=1S/C15H22ClNO.C13H21N3O.2C10H20N2.C2H6/c1-11(2)17-6-4-14(5-7-17)18-15-9-12(3)8-13(16)10-15;1-10(2)16-8-5-12(6-9-16)17-13-4-7-14-11(3)15-13;2*1-8(2)12-6-9-4-5-10(7-12)11(9)3;1-2/h8-11,14H,4-7H2,1-3H3;4,7,10,12H,5-6,8-9H2,1-3H3;2*8-10H,4-7H2,1-3H3;1-2H3. The van der Waals surface area contributed by atoms with Crippen molar-refractivity contribution in [3.05, 3.63) is 46.9 Å². The van der Waals surface area contributed by atoms with Gasteiger partial charge in [-0.25, -0.2) is 4.98 Å². The van der Waals surface area contributed by atoms with E-state index in [0.717, 1.165) is 110 Å². The van der Waals surface area contributed by atoms with Crippen LogP contribution >= 0.6 is 11.6 Å². The highest BCUT2D eigenvalue weighted by Crippen LogP contribution is 2.30. The molecule has 8 rings (SSSR count). The summed E-state index contributed by atoms with van der Waals surface area (Å²) >= 11 is 6.04. The van der Waals surface area contributed by atoms with Crippen LogP contribution in [0.15, 0.2) is 30.5 Å². The summed E-state index contributed by atoms with van der Waals surface area (Å²) in [7, 11) is 4.58. The van der Waals surface area contributed by atoms with Gasteiger partial charge in [0.25, 0.3) is 0 Å². The third kappa shape index (κ3) is 16.2. The second-order valence-electron chi connectivity index (χ2n) is 19.5. The number of aryl methyl sites for hydroxylation is 2. The number of piperidine rings is 2. The lowest BCUT2D eigenvalue weighted by Crippen LogP contribution is -2.53. The summed E-state index contributed by atoms with van der Waals surface area (Å²) in [6.45, 7) is 35.8. The molecule has 0 aliphatic carbocycles. The Kier molecular flexibility index (Phi) is 21.5. The number of rotatable bonds is 8. The Morgan fingerprint density at radius 1 is 0.557 bits per heavy atom. The largest absolute Gasteiger partial charge is 0.490 e. The number of likely N-dealkylation sites (tertiary alicyclic amines) is 4. The number of fused-ring (bicyclic) bond motifs is 4. The lowest BCUT2D eigenvalue weighted by atomic mass is 10.1. The van der Waals surface area contributed by atoms with Gasteiger partial charge in [0.1, 0.15) is 23.8 Å². The van der Waals surface area contributed by atoms with Gasteiger partial charge >= 0.3 is 0 Å². The summed E-state index contributed by atoms with van der Waals surface area (Å²) < 4.78 is 11.9. The Hall–Kier alpha value is -2.05. The summed E-state index contributed by atoms with van der Waals surface area (Å²) in [5.41, 5.74) is 1.15. The molecule has 4 unspecified atom stereocenters. The van der Waals surface area contributed by atoms with Crippen molar-refractivity contribution in [3.8, 4) is 11.6 Å². The second-order valence-corrected chi connectivity index (χ2v) is 19.9. The normalized spacial score (nSPS) is 25.6. The van der Waals surface area contributed by atoms with Crippen molar-refractivity contribution in [1.29, 1.82) is 0 Å². The Morgan fingerprint density at radius 2 is 0.951 bits per heavy atom. The van der Waals surface area contributed by atoms with E-state index in [4.69, 9.17) is 21.1 Å². The molecule has 0 radical (unpaired) electrons. The first-order chi connectivity index (χ1) is 29.1. The molecule has 4 bridgehead atoms. The molecule has 0 spiro atoms. The SMILES string of the molecule is CC.CC(C)N1CC2CCC(C1)N2C.CC(C)N1CC2CCC(C1)N2C.Cc1cc(Cl)cc(OC2CCN(C(C)C)CC2)c1.Cc1nccc(OC2CCN(C(C)C)CC2)n1. The monoisotopic (exact) mass is 869 g/mol. The molecule has 348 valence electrons. The number of hydrogen-bond acceptors (Lipinski definition) is 10. The lowest BCUT2D eigenvalue weighted by molar-refractivity contribution is 0.0682. The van der Waals surface area contributed by atoms with Crippen molar-refractivity contribution < 1.29 is 9.47 Å². The lowest BCUT2D eigenvalue weighted by Gasteiger charge is -2.40. The molecule has 0 saturated carbocycles. The maximum Gasteiger partial charge on any atom is 0.216 e.